The van der Waals surface area contributed by atoms with Crippen molar-refractivity contribution in [2.75, 3.05) is 25.1 Å². The molecule has 0 atom stereocenters. The van der Waals surface area contributed by atoms with Crippen molar-refractivity contribution < 1.29 is 23.9 Å². The van der Waals surface area contributed by atoms with Crippen LogP contribution in [-0.2, 0) is 27.2 Å². The average Bonchev–Trinajstić information content (AvgIpc) is 3.10. The lowest BCUT2D eigenvalue weighted by Gasteiger charge is -2.26. The van der Waals surface area contributed by atoms with Crippen LogP contribution >= 0.6 is 11.3 Å². The van der Waals surface area contributed by atoms with Gasteiger partial charge in [-0.2, -0.15) is 0 Å². The zero-order valence-electron chi connectivity index (χ0n) is 17.0. The first kappa shape index (κ1) is 21.6. The van der Waals surface area contributed by atoms with Crippen LogP contribution < -0.4 is 5.32 Å². The van der Waals surface area contributed by atoms with Gasteiger partial charge in [0.1, 0.15) is 5.00 Å². The number of ether oxygens (including phenoxy) is 2. The van der Waals surface area contributed by atoms with Crippen LogP contribution in [0, 0.1) is 0 Å². The predicted molar refractivity (Wildman–Crippen MR) is 116 cm³/mol. The van der Waals surface area contributed by atoms with E-state index in [1.54, 1.807) is 24.8 Å². The van der Waals surface area contributed by atoms with E-state index in [0.717, 1.165) is 16.0 Å². The van der Waals surface area contributed by atoms with Gasteiger partial charge in [-0.3, -0.25) is 4.79 Å². The van der Waals surface area contributed by atoms with Gasteiger partial charge in [0.2, 0.25) is 5.91 Å². The number of amides is 2. The van der Waals surface area contributed by atoms with Crippen molar-refractivity contribution in [2.45, 2.75) is 26.8 Å². The number of carbonyl (C=O) groups is 3. The molecule has 3 rings (SSSR count). The number of thiophene rings is 1. The Balaban J connectivity index is 1.83. The molecular formula is C22H24N2O5S. The van der Waals surface area contributed by atoms with Crippen LogP contribution in [0.3, 0.4) is 0 Å². The fraction of sp³-hybridized carbons (Fsp3) is 0.318. The summed E-state index contributed by atoms with van der Waals surface area (Å²) in [7, 11) is 0. The minimum Gasteiger partial charge on any atom is -0.462 e. The van der Waals surface area contributed by atoms with Crippen molar-refractivity contribution >= 4 is 40.4 Å². The van der Waals surface area contributed by atoms with E-state index in [0.29, 0.717) is 36.7 Å². The third-order valence-corrected chi connectivity index (χ3v) is 5.66. The van der Waals surface area contributed by atoms with Gasteiger partial charge < -0.3 is 19.7 Å². The van der Waals surface area contributed by atoms with E-state index < -0.39 is 5.97 Å². The van der Waals surface area contributed by atoms with Gasteiger partial charge in [0.15, 0.2) is 0 Å². The lowest BCUT2D eigenvalue weighted by molar-refractivity contribution is -0.111. The molecule has 0 bridgehead atoms. The third-order valence-electron chi connectivity index (χ3n) is 4.53. The highest BCUT2D eigenvalue weighted by Crippen LogP contribution is 2.37. The Morgan fingerprint density at radius 3 is 2.57 bits per heavy atom. The lowest BCUT2D eigenvalue weighted by Crippen LogP contribution is -2.36. The number of nitrogens with zero attached hydrogens (tertiary/aromatic N) is 1. The van der Waals surface area contributed by atoms with Gasteiger partial charge in [-0.25, -0.2) is 9.59 Å². The van der Waals surface area contributed by atoms with Crippen LogP contribution in [0.1, 0.15) is 40.2 Å². The standard InChI is InChI=1S/C22H24N2O5S/c1-3-28-21(26)19-16-12-13-24(22(27)29-4-2)14-17(16)30-20(19)23-18(25)11-10-15-8-6-5-7-9-15/h5-11H,3-4,12-14H2,1-2H3,(H,23,25)/b11-10+. The second-order valence-corrected chi connectivity index (χ2v) is 7.64. The molecule has 1 aromatic carbocycles. The Morgan fingerprint density at radius 1 is 1.13 bits per heavy atom. The Hall–Kier alpha value is -3.13. The summed E-state index contributed by atoms with van der Waals surface area (Å²) < 4.78 is 10.3. The van der Waals surface area contributed by atoms with E-state index in [9.17, 15) is 14.4 Å². The molecule has 0 radical (unpaired) electrons. The van der Waals surface area contributed by atoms with Crippen LogP contribution in [0.5, 0.6) is 0 Å². The monoisotopic (exact) mass is 428 g/mol. The lowest BCUT2D eigenvalue weighted by atomic mass is 10.0. The van der Waals surface area contributed by atoms with E-state index in [1.807, 2.05) is 30.3 Å². The molecular weight excluding hydrogens is 404 g/mol. The first-order valence-corrected chi connectivity index (χ1v) is 10.6. The Kier molecular flexibility index (Phi) is 7.24. The van der Waals surface area contributed by atoms with Gasteiger partial charge in [0.25, 0.3) is 0 Å². The predicted octanol–water partition coefficient (Wildman–Crippen LogP) is 4.09. The molecule has 0 aliphatic carbocycles. The van der Waals surface area contributed by atoms with Crippen LogP contribution in [0.15, 0.2) is 36.4 Å². The molecule has 1 aromatic heterocycles. The van der Waals surface area contributed by atoms with Crippen LogP contribution in [-0.4, -0.2) is 42.6 Å². The Bertz CT molecular complexity index is 952. The molecule has 0 unspecified atom stereocenters. The molecule has 1 N–H and O–H groups in total. The van der Waals surface area contributed by atoms with E-state index in [1.165, 1.54) is 17.4 Å². The van der Waals surface area contributed by atoms with Gasteiger partial charge in [-0.15, -0.1) is 11.3 Å². The van der Waals surface area contributed by atoms with E-state index in [2.05, 4.69) is 5.32 Å². The van der Waals surface area contributed by atoms with E-state index in [4.69, 9.17) is 9.47 Å². The number of fused-ring (bicyclic) bond motifs is 1. The number of hydrogen-bond acceptors (Lipinski definition) is 6. The van der Waals surface area contributed by atoms with Crippen molar-refractivity contribution in [3.05, 3.63) is 58.0 Å². The highest BCUT2D eigenvalue weighted by atomic mass is 32.1. The molecule has 8 heteroatoms. The number of carbonyl (C=O) groups excluding carboxylic acids is 3. The molecule has 2 amide bonds. The van der Waals surface area contributed by atoms with Gasteiger partial charge in [0.05, 0.1) is 25.3 Å². The maximum atomic E-state index is 12.6. The first-order valence-electron chi connectivity index (χ1n) is 9.80. The number of nitrogens with one attached hydrogen (secondary N) is 1. The highest BCUT2D eigenvalue weighted by Gasteiger charge is 2.31. The molecule has 1 aliphatic heterocycles. The Morgan fingerprint density at radius 2 is 1.87 bits per heavy atom. The fourth-order valence-electron chi connectivity index (χ4n) is 3.17. The number of benzene rings is 1. The van der Waals surface area contributed by atoms with Gasteiger partial charge in [-0.1, -0.05) is 30.3 Å². The fourth-order valence-corrected chi connectivity index (χ4v) is 4.43. The minimum absolute atomic E-state index is 0.236. The summed E-state index contributed by atoms with van der Waals surface area (Å²) in [5.74, 6) is -0.813. The smallest absolute Gasteiger partial charge is 0.410 e. The largest absolute Gasteiger partial charge is 0.462 e. The second kappa shape index (κ2) is 10.1. The number of anilines is 1. The van der Waals surface area contributed by atoms with Crippen molar-refractivity contribution in [1.29, 1.82) is 0 Å². The van der Waals surface area contributed by atoms with Crippen LogP contribution in [0.4, 0.5) is 9.80 Å². The summed E-state index contributed by atoms with van der Waals surface area (Å²) in [6, 6.07) is 9.46. The molecule has 0 spiro atoms. The topological polar surface area (TPSA) is 84.9 Å². The summed E-state index contributed by atoms with van der Waals surface area (Å²) >= 11 is 1.29. The molecule has 0 saturated heterocycles. The number of esters is 1. The third kappa shape index (κ3) is 5.07. The van der Waals surface area contributed by atoms with Crippen LogP contribution in [0.2, 0.25) is 0 Å². The van der Waals surface area contributed by atoms with Crippen molar-refractivity contribution in [3.8, 4) is 0 Å². The molecule has 2 aromatic rings. The van der Waals surface area contributed by atoms with E-state index >= 15 is 0 Å². The van der Waals surface area contributed by atoms with Gasteiger partial charge >= 0.3 is 12.1 Å². The number of hydrogen-bond donors (Lipinski definition) is 1. The zero-order chi connectivity index (χ0) is 21.5. The molecule has 0 fully saturated rings. The van der Waals surface area contributed by atoms with Crippen molar-refractivity contribution in [3.63, 3.8) is 0 Å². The van der Waals surface area contributed by atoms with Gasteiger partial charge in [-0.05, 0) is 37.5 Å². The van der Waals surface area contributed by atoms with Crippen LogP contribution in [0.25, 0.3) is 6.08 Å². The zero-order valence-corrected chi connectivity index (χ0v) is 17.8. The molecule has 7 nitrogen and oxygen atoms in total. The maximum Gasteiger partial charge on any atom is 0.410 e. The summed E-state index contributed by atoms with van der Waals surface area (Å²) in [5.41, 5.74) is 2.09. The van der Waals surface area contributed by atoms with Crippen molar-refractivity contribution in [1.82, 2.24) is 4.90 Å². The molecule has 2 heterocycles. The Labute approximate surface area is 179 Å². The minimum atomic E-state index is -0.470. The maximum absolute atomic E-state index is 12.6. The quantitative estimate of drug-likeness (QED) is 0.553. The van der Waals surface area contributed by atoms with Gasteiger partial charge in [0, 0.05) is 17.5 Å². The second-order valence-electron chi connectivity index (χ2n) is 6.53. The summed E-state index contributed by atoms with van der Waals surface area (Å²) in [4.78, 5) is 39.6. The van der Waals surface area contributed by atoms with E-state index in [-0.39, 0.29) is 18.6 Å². The SMILES string of the molecule is CCOC(=O)c1c(NC(=O)/C=C/c2ccccc2)sc2c1CCN(C(=O)OCC)C2. The normalized spacial score (nSPS) is 13.1. The highest BCUT2D eigenvalue weighted by molar-refractivity contribution is 7.17. The number of rotatable bonds is 6. The first-order chi connectivity index (χ1) is 14.5. The molecule has 0 saturated carbocycles. The summed E-state index contributed by atoms with van der Waals surface area (Å²) in [6.07, 6.45) is 3.24. The van der Waals surface area contributed by atoms with Crippen molar-refractivity contribution in [2.24, 2.45) is 0 Å². The molecule has 1 aliphatic rings. The molecule has 30 heavy (non-hydrogen) atoms. The molecule has 158 valence electrons. The average molecular weight is 429 g/mol. The summed E-state index contributed by atoms with van der Waals surface area (Å²) in [5, 5.41) is 3.24. The summed E-state index contributed by atoms with van der Waals surface area (Å²) in [6.45, 7) is 4.81.